The molecule has 0 atom stereocenters. The van der Waals surface area contributed by atoms with Gasteiger partial charge in [-0.2, -0.15) is 0 Å². The molecule has 0 fully saturated rings. The zero-order valence-electron chi connectivity index (χ0n) is 12.1. The van der Waals surface area contributed by atoms with Crippen LogP contribution in [0.1, 0.15) is 33.6 Å². The van der Waals surface area contributed by atoms with Crippen LogP contribution in [0.5, 0.6) is 0 Å². The molecule has 0 aromatic rings. The normalized spacial score (nSPS) is 12.7. The van der Waals surface area contributed by atoms with Gasteiger partial charge in [-0.05, 0) is 25.3 Å². The van der Waals surface area contributed by atoms with Crippen LogP contribution in [0.3, 0.4) is 0 Å². The largest absolute Gasteiger partial charge is 0.389 e. The topological polar surface area (TPSA) is 12.0 Å². The summed E-state index contributed by atoms with van der Waals surface area (Å²) in [5.74, 6) is 0. The minimum atomic E-state index is 0.0618. The minimum absolute atomic E-state index is 0.0618. The summed E-state index contributed by atoms with van der Waals surface area (Å²) in [4.78, 5) is 0. The zero-order valence-corrected chi connectivity index (χ0v) is 12.1. The molecule has 17 heavy (non-hydrogen) atoms. The quantitative estimate of drug-likeness (QED) is 0.361. The van der Waals surface area contributed by atoms with Gasteiger partial charge in [0.15, 0.2) is 0 Å². The average molecular weight is 233 g/mol. The third-order valence-electron chi connectivity index (χ3n) is 3.26. The van der Waals surface area contributed by atoms with Crippen LogP contribution in [0.4, 0.5) is 0 Å². The Kier molecular flexibility index (Phi) is 7.77. The summed E-state index contributed by atoms with van der Waals surface area (Å²) in [6, 6.07) is 0. The van der Waals surface area contributed by atoms with Crippen LogP contribution in [0.15, 0.2) is 36.6 Å². The van der Waals surface area contributed by atoms with Crippen LogP contribution in [0.2, 0.25) is 13.1 Å². The highest BCUT2D eigenvalue weighted by Crippen LogP contribution is 2.32. The molecule has 0 bridgehead atoms. The molecule has 0 radical (unpaired) electrons. The predicted octanol–water partition coefficient (Wildman–Crippen LogP) is 3.93. The fraction of sp³-hybridized carbons (Fsp3) is 0.600. The van der Waals surface area contributed by atoms with Crippen LogP contribution >= 0.6 is 0 Å². The van der Waals surface area contributed by atoms with E-state index in [4.69, 9.17) is 0 Å². The van der Waals surface area contributed by atoms with Crippen LogP contribution in [0, 0.1) is 5.41 Å². The molecular formula is C15H28BN. The molecule has 0 unspecified atom stereocenters. The molecule has 2 heteroatoms. The van der Waals surface area contributed by atoms with Gasteiger partial charge in [-0.15, -0.1) is 13.2 Å². The van der Waals surface area contributed by atoms with Crippen molar-refractivity contribution in [3.63, 3.8) is 0 Å². The zero-order chi connectivity index (χ0) is 13.3. The van der Waals surface area contributed by atoms with Gasteiger partial charge in [0.25, 0.3) is 0 Å². The van der Waals surface area contributed by atoms with E-state index in [0.717, 1.165) is 19.4 Å². The molecule has 1 nitrogen and oxygen atoms in total. The maximum absolute atomic E-state index is 3.95. The second kappa shape index (κ2) is 8.22. The van der Waals surface area contributed by atoms with Crippen LogP contribution in [0.25, 0.3) is 0 Å². The number of nitrogens with one attached hydrogen (secondary N) is 1. The SMILES string of the molecule is C=CCC/C(=C(\C)NCCBC)C(C)(C)C=C. The molecule has 0 saturated carbocycles. The van der Waals surface area contributed by atoms with E-state index in [2.05, 4.69) is 46.1 Å². The molecule has 96 valence electrons. The molecule has 0 saturated heterocycles. The first-order valence-corrected chi connectivity index (χ1v) is 6.68. The Morgan fingerprint density at radius 2 is 2.00 bits per heavy atom. The third kappa shape index (κ3) is 5.81. The first-order chi connectivity index (χ1) is 7.99. The summed E-state index contributed by atoms with van der Waals surface area (Å²) in [6.07, 6.45) is 7.34. The Morgan fingerprint density at radius 1 is 1.35 bits per heavy atom. The lowest BCUT2D eigenvalue weighted by Gasteiger charge is -2.27. The number of allylic oxidation sites excluding steroid dienone is 4. The van der Waals surface area contributed by atoms with Crippen molar-refractivity contribution in [2.45, 2.75) is 46.8 Å². The summed E-state index contributed by atoms with van der Waals surface area (Å²) in [5, 5.41) is 3.53. The van der Waals surface area contributed by atoms with Crippen molar-refractivity contribution in [3.8, 4) is 0 Å². The lowest BCUT2D eigenvalue weighted by atomic mass is 9.78. The maximum Gasteiger partial charge on any atom is 0.119 e. The van der Waals surface area contributed by atoms with Crippen molar-refractivity contribution in [3.05, 3.63) is 36.6 Å². The molecule has 0 aliphatic rings. The Hall–Kier alpha value is -0.915. The van der Waals surface area contributed by atoms with Crippen LogP contribution < -0.4 is 5.32 Å². The van der Waals surface area contributed by atoms with Crippen LogP contribution in [-0.4, -0.2) is 13.8 Å². The van der Waals surface area contributed by atoms with Gasteiger partial charge in [0.05, 0.1) is 0 Å². The highest BCUT2D eigenvalue weighted by molar-refractivity contribution is 6.33. The molecule has 0 spiro atoms. The van der Waals surface area contributed by atoms with E-state index >= 15 is 0 Å². The van der Waals surface area contributed by atoms with E-state index in [0.29, 0.717) is 0 Å². The summed E-state index contributed by atoms with van der Waals surface area (Å²) < 4.78 is 0. The highest BCUT2D eigenvalue weighted by atomic mass is 14.9. The molecule has 0 aromatic carbocycles. The molecule has 0 heterocycles. The van der Waals surface area contributed by atoms with E-state index in [-0.39, 0.29) is 5.41 Å². The standard InChI is InChI=1S/C15H28BN/c1-7-9-10-14(15(4,5)8-2)13(3)17-12-11-16-6/h7-8,16-17H,1-2,9-12H2,3-6H3/b14-13-. The van der Waals surface area contributed by atoms with Crippen LogP contribution in [-0.2, 0) is 0 Å². The lowest BCUT2D eigenvalue weighted by molar-refractivity contribution is 0.537. The molecule has 0 aliphatic heterocycles. The second-order valence-corrected chi connectivity index (χ2v) is 5.14. The van der Waals surface area contributed by atoms with Crippen molar-refractivity contribution in [2.75, 3.05) is 6.54 Å². The molecular weight excluding hydrogens is 205 g/mol. The monoisotopic (exact) mass is 233 g/mol. The fourth-order valence-electron chi connectivity index (χ4n) is 1.92. The van der Waals surface area contributed by atoms with Gasteiger partial charge in [0.1, 0.15) is 7.28 Å². The Balaban J connectivity index is 4.79. The molecule has 0 aliphatic carbocycles. The van der Waals surface area contributed by atoms with Crippen molar-refractivity contribution in [2.24, 2.45) is 5.41 Å². The van der Waals surface area contributed by atoms with Gasteiger partial charge >= 0.3 is 0 Å². The van der Waals surface area contributed by atoms with Crippen molar-refractivity contribution in [1.29, 1.82) is 0 Å². The smallest absolute Gasteiger partial charge is 0.119 e. The Bertz CT molecular complexity index is 277. The predicted molar refractivity (Wildman–Crippen MR) is 81.9 cm³/mol. The van der Waals surface area contributed by atoms with E-state index < -0.39 is 0 Å². The minimum Gasteiger partial charge on any atom is -0.389 e. The van der Waals surface area contributed by atoms with E-state index in [1.807, 2.05) is 12.2 Å². The van der Waals surface area contributed by atoms with E-state index in [1.165, 1.54) is 24.9 Å². The van der Waals surface area contributed by atoms with Gasteiger partial charge in [0.2, 0.25) is 0 Å². The summed E-state index contributed by atoms with van der Waals surface area (Å²) in [6.45, 7) is 17.7. The third-order valence-corrected chi connectivity index (χ3v) is 3.26. The molecule has 1 N–H and O–H groups in total. The molecule has 0 amide bonds. The highest BCUT2D eigenvalue weighted by Gasteiger charge is 2.20. The second-order valence-electron chi connectivity index (χ2n) is 5.14. The molecule has 0 rings (SSSR count). The fourth-order valence-corrected chi connectivity index (χ4v) is 1.92. The summed E-state index contributed by atoms with van der Waals surface area (Å²) in [5.41, 5.74) is 2.82. The van der Waals surface area contributed by atoms with Gasteiger partial charge in [-0.1, -0.05) is 39.1 Å². The maximum atomic E-state index is 3.95. The number of hydrogen-bond acceptors (Lipinski definition) is 1. The first-order valence-electron chi connectivity index (χ1n) is 6.68. The average Bonchev–Trinajstić information content (AvgIpc) is 2.29. The molecule has 0 aromatic heterocycles. The Labute approximate surface area is 108 Å². The first kappa shape index (κ1) is 16.1. The summed E-state index contributed by atoms with van der Waals surface area (Å²) >= 11 is 0. The lowest BCUT2D eigenvalue weighted by Crippen LogP contribution is -2.21. The summed E-state index contributed by atoms with van der Waals surface area (Å²) in [7, 11) is 1.23. The number of hydrogen-bond donors (Lipinski definition) is 1. The van der Waals surface area contributed by atoms with E-state index in [1.54, 1.807) is 0 Å². The Morgan fingerprint density at radius 3 is 2.47 bits per heavy atom. The van der Waals surface area contributed by atoms with Crippen molar-refractivity contribution in [1.82, 2.24) is 5.32 Å². The van der Waals surface area contributed by atoms with Gasteiger partial charge < -0.3 is 5.32 Å². The van der Waals surface area contributed by atoms with Crippen molar-refractivity contribution >= 4 is 7.28 Å². The number of rotatable bonds is 9. The van der Waals surface area contributed by atoms with Crippen molar-refractivity contribution < 1.29 is 0 Å². The van der Waals surface area contributed by atoms with E-state index in [9.17, 15) is 0 Å². The van der Waals surface area contributed by atoms with Gasteiger partial charge in [-0.25, -0.2) is 0 Å². The van der Waals surface area contributed by atoms with Gasteiger partial charge in [-0.3, -0.25) is 0 Å². The van der Waals surface area contributed by atoms with Gasteiger partial charge in [0, 0.05) is 17.7 Å².